The van der Waals surface area contributed by atoms with Gasteiger partial charge < -0.3 is 10.2 Å². The summed E-state index contributed by atoms with van der Waals surface area (Å²) in [6.07, 6.45) is 2.97. The van der Waals surface area contributed by atoms with Crippen molar-refractivity contribution in [1.29, 1.82) is 0 Å². The molecule has 8 nitrogen and oxygen atoms in total. The number of phenolic OH excluding ortho intramolecular Hbond substituents is 1. The van der Waals surface area contributed by atoms with E-state index in [4.69, 9.17) is 0 Å². The summed E-state index contributed by atoms with van der Waals surface area (Å²) in [6.45, 7) is 6.26. The molecule has 0 bridgehead atoms. The fraction of sp³-hybridized carbons (Fsp3) is 0.360. The van der Waals surface area contributed by atoms with Gasteiger partial charge in [-0.05, 0) is 61.8 Å². The quantitative estimate of drug-likeness (QED) is 0.417. The van der Waals surface area contributed by atoms with Crippen LogP contribution in [-0.2, 0) is 0 Å². The summed E-state index contributed by atoms with van der Waals surface area (Å²) in [5, 5.41) is 31.5. The summed E-state index contributed by atoms with van der Waals surface area (Å²) in [5.74, 6) is 0.0165. The maximum Gasteiger partial charge on any atom is 0.335 e. The molecule has 1 aliphatic carbocycles. The lowest BCUT2D eigenvalue weighted by Crippen LogP contribution is -2.29. The topological polar surface area (TPSA) is 120 Å². The summed E-state index contributed by atoms with van der Waals surface area (Å²) < 4.78 is 1.67. The van der Waals surface area contributed by atoms with Crippen molar-refractivity contribution in [2.24, 2.45) is 22.1 Å². The number of aromatic nitrogens is 2. The summed E-state index contributed by atoms with van der Waals surface area (Å²) in [6, 6.07) is 11.4. The average Bonchev–Trinajstić information content (AvgIpc) is 3.08. The summed E-state index contributed by atoms with van der Waals surface area (Å²) in [5.41, 5.74) is 1.92. The van der Waals surface area contributed by atoms with Crippen LogP contribution in [0.5, 0.6) is 5.75 Å². The van der Waals surface area contributed by atoms with E-state index in [-0.39, 0.29) is 34.3 Å². The molecule has 1 heterocycles. The standard InChI is InChI=1S/C25H28N4O4/c1-14-10-11-19(12-15(14)2)29-24(31)22(16(3)28-29)27-26-21-9-5-8-20(23(21)30)17-6-4-7-18(13-17)25(32)33/h4-9,13-15,19,28,30H,10-12H2,1-3H3,(H,32,33). The van der Waals surface area contributed by atoms with Gasteiger partial charge in [0.25, 0.3) is 5.56 Å². The fourth-order valence-corrected chi connectivity index (χ4v) is 4.46. The molecule has 2 aromatic carbocycles. The molecule has 3 unspecified atom stereocenters. The van der Waals surface area contributed by atoms with Crippen LogP contribution in [0.3, 0.4) is 0 Å². The van der Waals surface area contributed by atoms with Crippen LogP contribution in [0.15, 0.2) is 57.5 Å². The Kier molecular flexibility index (Phi) is 6.18. The number of aromatic hydroxyl groups is 1. The van der Waals surface area contributed by atoms with Crippen molar-refractivity contribution in [3.63, 3.8) is 0 Å². The fourth-order valence-electron chi connectivity index (χ4n) is 4.46. The highest BCUT2D eigenvalue weighted by molar-refractivity contribution is 5.90. The van der Waals surface area contributed by atoms with Crippen LogP contribution in [0.1, 0.15) is 55.2 Å². The zero-order valence-corrected chi connectivity index (χ0v) is 18.9. The van der Waals surface area contributed by atoms with E-state index in [1.807, 2.05) is 0 Å². The first kappa shape index (κ1) is 22.5. The third-order valence-corrected chi connectivity index (χ3v) is 6.69. The molecule has 1 aliphatic rings. The highest BCUT2D eigenvalue weighted by Crippen LogP contribution is 2.39. The van der Waals surface area contributed by atoms with E-state index in [1.165, 1.54) is 12.1 Å². The van der Waals surface area contributed by atoms with Crippen molar-refractivity contribution in [2.75, 3.05) is 0 Å². The molecular formula is C25H28N4O4. The Labute approximate surface area is 191 Å². The van der Waals surface area contributed by atoms with Gasteiger partial charge in [0.05, 0.1) is 17.3 Å². The van der Waals surface area contributed by atoms with Gasteiger partial charge in [-0.25, -0.2) is 9.48 Å². The molecule has 0 radical (unpaired) electrons. The second-order valence-corrected chi connectivity index (χ2v) is 8.94. The Morgan fingerprint density at radius 2 is 1.85 bits per heavy atom. The molecule has 3 aromatic rings. The lowest BCUT2D eigenvalue weighted by Gasteiger charge is -2.32. The van der Waals surface area contributed by atoms with Crippen LogP contribution in [0.2, 0.25) is 0 Å². The highest BCUT2D eigenvalue weighted by Gasteiger charge is 2.28. The number of aromatic amines is 1. The van der Waals surface area contributed by atoms with Gasteiger partial charge in [0.15, 0.2) is 11.4 Å². The Morgan fingerprint density at radius 1 is 1.09 bits per heavy atom. The predicted octanol–water partition coefficient (Wildman–Crippen LogP) is 5.97. The van der Waals surface area contributed by atoms with Crippen molar-refractivity contribution >= 4 is 17.3 Å². The third kappa shape index (κ3) is 4.46. The van der Waals surface area contributed by atoms with Crippen LogP contribution >= 0.6 is 0 Å². The molecule has 4 rings (SSSR count). The molecule has 0 aliphatic heterocycles. The molecule has 8 heteroatoms. The Hall–Kier alpha value is -3.68. The molecule has 3 N–H and O–H groups in total. The van der Waals surface area contributed by atoms with Crippen LogP contribution in [0.25, 0.3) is 11.1 Å². The van der Waals surface area contributed by atoms with Crippen LogP contribution in [0.4, 0.5) is 11.4 Å². The Bertz CT molecular complexity index is 1270. The monoisotopic (exact) mass is 448 g/mol. The van der Waals surface area contributed by atoms with Gasteiger partial charge in [-0.15, -0.1) is 10.2 Å². The lowest BCUT2D eigenvalue weighted by atomic mass is 9.79. The number of aromatic carboxylic acids is 1. The summed E-state index contributed by atoms with van der Waals surface area (Å²) in [7, 11) is 0. The van der Waals surface area contributed by atoms with E-state index in [0.29, 0.717) is 28.7 Å². The van der Waals surface area contributed by atoms with E-state index in [0.717, 1.165) is 19.3 Å². The van der Waals surface area contributed by atoms with Crippen LogP contribution in [0, 0.1) is 18.8 Å². The number of carboxylic acid groups (broad SMARTS) is 1. The molecule has 33 heavy (non-hydrogen) atoms. The summed E-state index contributed by atoms with van der Waals surface area (Å²) >= 11 is 0. The van der Waals surface area contributed by atoms with E-state index < -0.39 is 5.97 Å². The maximum absolute atomic E-state index is 13.0. The van der Waals surface area contributed by atoms with Crippen molar-refractivity contribution in [3.05, 3.63) is 64.1 Å². The molecule has 1 saturated carbocycles. The van der Waals surface area contributed by atoms with Gasteiger partial charge >= 0.3 is 5.97 Å². The number of H-pyrrole nitrogens is 1. The number of hydrogen-bond donors (Lipinski definition) is 3. The van der Waals surface area contributed by atoms with Gasteiger partial charge in [-0.1, -0.05) is 38.1 Å². The molecular weight excluding hydrogens is 420 g/mol. The minimum atomic E-state index is -1.05. The van der Waals surface area contributed by atoms with Gasteiger partial charge in [0, 0.05) is 5.56 Å². The third-order valence-electron chi connectivity index (χ3n) is 6.69. The number of phenols is 1. The van der Waals surface area contributed by atoms with Gasteiger partial charge in [-0.2, -0.15) is 0 Å². The summed E-state index contributed by atoms with van der Waals surface area (Å²) in [4.78, 5) is 24.3. The first-order valence-electron chi connectivity index (χ1n) is 11.1. The van der Waals surface area contributed by atoms with Crippen LogP contribution in [-0.4, -0.2) is 26.0 Å². The number of carboxylic acids is 1. The second kappa shape index (κ2) is 9.05. The van der Waals surface area contributed by atoms with Crippen LogP contribution < -0.4 is 5.56 Å². The number of benzene rings is 2. The van der Waals surface area contributed by atoms with Gasteiger partial charge in [-0.3, -0.25) is 9.89 Å². The number of aryl methyl sites for hydroxylation is 1. The smallest absolute Gasteiger partial charge is 0.335 e. The van der Waals surface area contributed by atoms with E-state index in [1.54, 1.807) is 41.9 Å². The van der Waals surface area contributed by atoms with E-state index in [2.05, 4.69) is 29.2 Å². The molecule has 1 aromatic heterocycles. The molecule has 172 valence electrons. The zero-order valence-electron chi connectivity index (χ0n) is 18.9. The number of nitrogens with zero attached hydrogens (tertiary/aromatic N) is 3. The minimum Gasteiger partial charge on any atom is -0.505 e. The number of carbonyl (C=O) groups is 1. The largest absolute Gasteiger partial charge is 0.505 e. The highest BCUT2D eigenvalue weighted by atomic mass is 16.4. The second-order valence-electron chi connectivity index (χ2n) is 8.94. The van der Waals surface area contributed by atoms with Gasteiger partial charge in [0.2, 0.25) is 0 Å². The Balaban J connectivity index is 1.64. The Morgan fingerprint density at radius 3 is 2.58 bits per heavy atom. The van der Waals surface area contributed by atoms with Crippen molar-refractivity contribution in [2.45, 2.75) is 46.1 Å². The first-order chi connectivity index (χ1) is 15.8. The number of para-hydroxylation sites is 1. The maximum atomic E-state index is 13.0. The van der Waals surface area contributed by atoms with Crippen molar-refractivity contribution < 1.29 is 15.0 Å². The number of hydrogen-bond acceptors (Lipinski definition) is 5. The molecule has 3 atom stereocenters. The predicted molar refractivity (Wildman–Crippen MR) is 126 cm³/mol. The zero-order chi connectivity index (χ0) is 23.7. The molecule has 0 amide bonds. The molecule has 0 saturated heterocycles. The lowest BCUT2D eigenvalue weighted by molar-refractivity contribution is 0.0697. The van der Waals surface area contributed by atoms with Gasteiger partial charge in [0.1, 0.15) is 5.69 Å². The normalized spacial score (nSPS) is 20.9. The number of rotatable bonds is 5. The van der Waals surface area contributed by atoms with E-state index >= 15 is 0 Å². The number of nitrogens with one attached hydrogen (secondary N) is 1. The SMILES string of the molecule is Cc1[nH]n(C2CCC(C)C(C)C2)c(=O)c1N=Nc1cccc(-c2cccc(C(=O)O)c2)c1O. The molecule has 0 spiro atoms. The van der Waals surface area contributed by atoms with Crippen molar-refractivity contribution in [1.82, 2.24) is 9.78 Å². The average molecular weight is 449 g/mol. The molecule has 1 fully saturated rings. The van der Waals surface area contributed by atoms with E-state index in [9.17, 15) is 19.8 Å². The minimum absolute atomic E-state index is 0.115. The first-order valence-corrected chi connectivity index (χ1v) is 11.1. The van der Waals surface area contributed by atoms with Crippen molar-refractivity contribution in [3.8, 4) is 16.9 Å². The number of azo groups is 1.